The molecule has 0 bridgehead atoms. The minimum absolute atomic E-state index is 0.225. The van der Waals surface area contributed by atoms with E-state index in [1.165, 1.54) is 36.2 Å². The van der Waals surface area contributed by atoms with Crippen LogP contribution in [0, 0.1) is 0 Å². The molecule has 3 rings (SSSR count). The molecular formula is C14H15BrN4OS. The molecule has 4 N–H and O–H groups in total. The minimum atomic E-state index is -0.244. The molecule has 1 aromatic heterocycles. The van der Waals surface area contributed by atoms with Crippen LogP contribution in [-0.2, 0) is 6.54 Å². The lowest BCUT2D eigenvalue weighted by molar-refractivity contribution is 0.687. The summed E-state index contributed by atoms with van der Waals surface area (Å²) < 4.78 is 0.979. The number of nitrogens with two attached hydrogens (primary N) is 1. The molecule has 0 aliphatic heterocycles. The molecule has 21 heavy (non-hydrogen) atoms. The number of halogens is 1. The van der Waals surface area contributed by atoms with E-state index >= 15 is 0 Å². The summed E-state index contributed by atoms with van der Waals surface area (Å²) in [6, 6.07) is 8.14. The van der Waals surface area contributed by atoms with Crippen molar-refractivity contribution >= 4 is 33.5 Å². The lowest BCUT2D eigenvalue weighted by atomic mass is 10.2. The van der Waals surface area contributed by atoms with Crippen molar-refractivity contribution in [1.82, 2.24) is 15.3 Å². The van der Waals surface area contributed by atoms with Gasteiger partial charge in [-0.2, -0.15) is 0 Å². The Labute approximate surface area is 134 Å². The average molecular weight is 367 g/mol. The maximum Gasteiger partial charge on any atom is 0.253 e. The van der Waals surface area contributed by atoms with Gasteiger partial charge in [0.05, 0.1) is 0 Å². The first-order chi connectivity index (χ1) is 10.1. The Hall–Kier alpha value is -1.31. The van der Waals surface area contributed by atoms with Gasteiger partial charge in [-0.05, 0) is 46.5 Å². The number of H-pyrrole nitrogens is 1. The Morgan fingerprint density at radius 1 is 1.43 bits per heavy atom. The van der Waals surface area contributed by atoms with Crippen molar-refractivity contribution < 1.29 is 0 Å². The van der Waals surface area contributed by atoms with E-state index in [0.29, 0.717) is 11.2 Å². The molecule has 110 valence electrons. The topological polar surface area (TPSA) is 83.8 Å². The van der Waals surface area contributed by atoms with Gasteiger partial charge in [0.2, 0.25) is 0 Å². The van der Waals surface area contributed by atoms with Crippen molar-refractivity contribution in [2.24, 2.45) is 0 Å². The summed E-state index contributed by atoms with van der Waals surface area (Å²) in [6.45, 7) is 0.877. The Morgan fingerprint density at radius 2 is 2.24 bits per heavy atom. The summed E-state index contributed by atoms with van der Waals surface area (Å²) >= 11 is 4.94. The highest BCUT2D eigenvalue weighted by molar-refractivity contribution is 9.10. The van der Waals surface area contributed by atoms with E-state index in [0.717, 1.165) is 15.9 Å². The van der Waals surface area contributed by atoms with E-state index in [9.17, 15) is 4.79 Å². The molecule has 1 aliphatic rings. The smallest absolute Gasteiger partial charge is 0.253 e. The quantitative estimate of drug-likeness (QED) is 0.708. The van der Waals surface area contributed by atoms with Gasteiger partial charge in [0.1, 0.15) is 5.82 Å². The monoisotopic (exact) mass is 366 g/mol. The van der Waals surface area contributed by atoms with Gasteiger partial charge in [0.15, 0.2) is 5.16 Å². The van der Waals surface area contributed by atoms with Crippen LogP contribution < -0.4 is 16.6 Å². The number of hydrogen-bond acceptors (Lipinski definition) is 5. The van der Waals surface area contributed by atoms with Gasteiger partial charge in [-0.15, -0.1) is 0 Å². The van der Waals surface area contributed by atoms with Crippen molar-refractivity contribution in [1.29, 1.82) is 0 Å². The molecular weight excluding hydrogens is 352 g/mol. The SMILES string of the molecule is Nc1cc(=O)[nH]c(Sc2ccc(CNC3CC3)cc2Br)n1. The van der Waals surface area contributed by atoms with E-state index < -0.39 is 0 Å². The Balaban J connectivity index is 1.73. The number of anilines is 1. The molecule has 1 saturated carbocycles. The third-order valence-corrected chi connectivity index (χ3v) is 5.00. The molecule has 1 heterocycles. The van der Waals surface area contributed by atoms with Crippen LogP contribution >= 0.6 is 27.7 Å². The summed E-state index contributed by atoms with van der Waals surface area (Å²) in [6.07, 6.45) is 2.56. The zero-order valence-corrected chi connectivity index (χ0v) is 13.6. The van der Waals surface area contributed by atoms with Gasteiger partial charge in [-0.1, -0.05) is 17.8 Å². The molecule has 1 aliphatic carbocycles. The van der Waals surface area contributed by atoms with Crippen LogP contribution in [0.5, 0.6) is 0 Å². The highest BCUT2D eigenvalue weighted by Crippen LogP contribution is 2.32. The second-order valence-electron chi connectivity index (χ2n) is 5.00. The van der Waals surface area contributed by atoms with Gasteiger partial charge >= 0.3 is 0 Å². The van der Waals surface area contributed by atoms with Crippen molar-refractivity contribution in [3.05, 3.63) is 44.7 Å². The number of nitrogens with one attached hydrogen (secondary N) is 2. The fourth-order valence-corrected chi connectivity index (χ4v) is 3.36. The van der Waals surface area contributed by atoms with Crippen LogP contribution in [-0.4, -0.2) is 16.0 Å². The van der Waals surface area contributed by atoms with Gasteiger partial charge < -0.3 is 16.0 Å². The molecule has 1 aromatic carbocycles. The van der Waals surface area contributed by atoms with Crippen molar-refractivity contribution in [3.63, 3.8) is 0 Å². The maximum absolute atomic E-state index is 11.4. The van der Waals surface area contributed by atoms with Gasteiger partial charge in [-0.3, -0.25) is 4.79 Å². The van der Waals surface area contributed by atoms with E-state index in [2.05, 4.69) is 43.3 Å². The number of aromatic amines is 1. The van der Waals surface area contributed by atoms with Gasteiger partial charge in [0.25, 0.3) is 5.56 Å². The normalized spacial score (nSPS) is 14.3. The predicted octanol–water partition coefficient (Wildman–Crippen LogP) is 2.52. The van der Waals surface area contributed by atoms with E-state index in [1.807, 2.05) is 6.07 Å². The summed E-state index contributed by atoms with van der Waals surface area (Å²) in [4.78, 5) is 19.2. The molecule has 0 amide bonds. The Kier molecular flexibility index (Phi) is 4.32. The third kappa shape index (κ3) is 4.09. The largest absolute Gasteiger partial charge is 0.383 e. The van der Waals surface area contributed by atoms with Crippen LogP contribution in [0.15, 0.2) is 43.6 Å². The Morgan fingerprint density at radius 3 is 2.90 bits per heavy atom. The first-order valence-electron chi connectivity index (χ1n) is 6.66. The maximum atomic E-state index is 11.4. The van der Waals surface area contributed by atoms with Crippen molar-refractivity contribution in [2.75, 3.05) is 5.73 Å². The van der Waals surface area contributed by atoms with Crippen LogP contribution in [0.2, 0.25) is 0 Å². The number of nitrogen functional groups attached to an aromatic ring is 1. The summed E-state index contributed by atoms with van der Waals surface area (Å²) in [7, 11) is 0. The second-order valence-corrected chi connectivity index (χ2v) is 6.88. The number of aromatic nitrogens is 2. The van der Waals surface area contributed by atoms with Crippen LogP contribution in [0.3, 0.4) is 0 Å². The molecule has 0 saturated heterocycles. The van der Waals surface area contributed by atoms with Crippen LogP contribution in [0.1, 0.15) is 18.4 Å². The number of nitrogens with zero attached hydrogens (tertiary/aromatic N) is 1. The van der Waals surface area contributed by atoms with Gasteiger partial charge in [-0.25, -0.2) is 4.98 Å². The van der Waals surface area contributed by atoms with E-state index in [4.69, 9.17) is 5.73 Å². The number of rotatable bonds is 5. The first-order valence-corrected chi connectivity index (χ1v) is 8.27. The summed E-state index contributed by atoms with van der Waals surface area (Å²) in [5, 5.41) is 3.97. The highest BCUT2D eigenvalue weighted by atomic mass is 79.9. The van der Waals surface area contributed by atoms with Crippen LogP contribution in [0.25, 0.3) is 0 Å². The first kappa shape index (κ1) is 14.6. The molecule has 0 unspecified atom stereocenters. The van der Waals surface area contributed by atoms with E-state index in [-0.39, 0.29) is 11.4 Å². The van der Waals surface area contributed by atoms with Gasteiger partial charge in [0, 0.05) is 28.0 Å². The lowest BCUT2D eigenvalue weighted by Gasteiger charge is -2.08. The molecule has 5 nitrogen and oxygen atoms in total. The fourth-order valence-electron chi connectivity index (χ4n) is 1.89. The molecule has 7 heteroatoms. The Bertz CT molecular complexity index is 714. The number of benzene rings is 1. The third-order valence-electron chi connectivity index (χ3n) is 3.11. The second kappa shape index (κ2) is 6.21. The summed E-state index contributed by atoms with van der Waals surface area (Å²) in [5.41, 5.74) is 6.57. The standard InChI is InChI=1S/C14H15BrN4OS/c15-10-5-8(7-17-9-2-3-9)1-4-11(10)21-14-18-12(16)6-13(20)19-14/h1,4-6,9,17H,2-3,7H2,(H3,16,18,19,20). The van der Waals surface area contributed by atoms with Crippen LogP contribution in [0.4, 0.5) is 5.82 Å². The molecule has 2 aromatic rings. The van der Waals surface area contributed by atoms with Crippen molar-refractivity contribution in [3.8, 4) is 0 Å². The molecule has 1 fully saturated rings. The summed E-state index contributed by atoms with van der Waals surface area (Å²) in [5.74, 6) is 0.225. The predicted molar refractivity (Wildman–Crippen MR) is 87.4 cm³/mol. The zero-order chi connectivity index (χ0) is 14.8. The minimum Gasteiger partial charge on any atom is -0.383 e. The average Bonchev–Trinajstić information content (AvgIpc) is 3.22. The molecule has 0 atom stereocenters. The van der Waals surface area contributed by atoms with Crippen molar-refractivity contribution in [2.45, 2.75) is 35.5 Å². The highest BCUT2D eigenvalue weighted by Gasteiger charge is 2.20. The molecule has 0 spiro atoms. The molecule has 0 radical (unpaired) electrons. The van der Waals surface area contributed by atoms with E-state index in [1.54, 1.807) is 0 Å². The number of hydrogen-bond donors (Lipinski definition) is 3. The lowest BCUT2D eigenvalue weighted by Crippen LogP contribution is -2.15. The fraction of sp³-hybridized carbons (Fsp3) is 0.286. The zero-order valence-electron chi connectivity index (χ0n) is 11.2.